The van der Waals surface area contributed by atoms with Crippen molar-refractivity contribution in [2.24, 2.45) is 0 Å². The molecular weight excluding hydrogens is 180 g/mol. The number of nitrogen functional groups attached to an aromatic ring is 1. The molecule has 1 aromatic carbocycles. The summed E-state index contributed by atoms with van der Waals surface area (Å²) in [6, 6.07) is 4.96. The smallest absolute Gasteiger partial charge is 0.248 e. The number of fused-ring (bicyclic) bond motifs is 1. The van der Waals surface area contributed by atoms with Gasteiger partial charge >= 0.3 is 0 Å². The maximum atomic E-state index is 11.1. The maximum Gasteiger partial charge on any atom is 0.248 e. The van der Waals surface area contributed by atoms with Crippen molar-refractivity contribution in [3.05, 3.63) is 34.7 Å². The number of hydrogen-bond acceptors (Lipinski definition) is 3. The molecule has 14 heavy (non-hydrogen) atoms. The van der Waals surface area contributed by atoms with E-state index in [0.29, 0.717) is 16.8 Å². The van der Waals surface area contributed by atoms with Crippen molar-refractivity contribution in [2.75, 3.05) is 12.8 Å². The molecule has 0 bridgehead atoms. The van der Waals surface area contributed by atoms with Crippen LogP contribution in [0.25, 0.3) is 10.8 Å². The molecule has 0 spiro atoms. The Hall–Kier alpha value is -1.97. The second kappa shape index (κ2) is 3.06. The molecule has 0 radical (unpaired) electrons. The molecule has 0 saturated heterocycles. The molecule has 2 rings (SSSR count). The Morgan fingerprint density at radius 1 is 1.36 bits per heavy atom. The Morgan fingerprint density at radius 2 is 2.14 bits per heavy atom. The molecule has 2 aromatic rings. The van der Waals surface area contributed by atoms with E-state index in [9.17, 15) is 4.79 Å². The van der Waals surface area contributed by atoms with E-state index in [1.807, 2.05) is 0 Å². The first-order valence-corrected chi connectivity index (χ1v) is 4.17. The van der Waals surface area contributed by atoms with Crippen molar-refractivity contribution >= 4 is 16.5 Å². The van der Waals surface area contributed by atoms with Gasteiger partial charge in [0.1, 0.15) is 5.75 Å². The van der Waals surface area contributed by atoms with Gasteiger partial charge in [0.2, 0.25) is 5.56 Å². The van der Waals surface area contributed by atoms with Gasteiger partial charge in [-0.2, -0.15) is 0 Å². The summed E-state index contributed by atoms with van der Waals surface area (Å²) in [7, 11) is 1.58. The minimum Gasteiger partial charge on any atom is -0.496 e. The van der Waals surface area contributed by atoms with Gasteiger partial charge in [-0.1, -0.05) is 0 Å². The van der Waals surface area contributed by atoms with E-state index in [4.69, 9.17) is 10.5 Å². The van der Waals surface area contributed by atoms with E-state index in [1.54, 1.807) is 25.4 Å². The number of nitrogens with one attached hydrogen (secondary N) is 1. The molecular formula is C10H10N2O2. The van der Waals surface area contributed by atoms with Crippen LogP contribution in [0.15, 0.2) is 29.2 Å². The summed E-state index contributed by atoms with van der Waals surface area (Å²) in [5.74, 6) is 0.699. The summed E-state index contributed by atoms with van der Waals surface area (Å²) in [6.45, 7) is 0. The van der Waals surface area contributed by atoms with Crippen molar-refractivity contribution < 1.29 is 4.74 Å². The molecule has 0 aliphatic heterocycles. The second-order valence-corrected chi connectivity index (χ2v) is 2.98. The highest BCUT2D eigenvalue weighted by Crippen LogP contribution is 2.27. The zero-order chi connectivity index (χ0) is 10.1. The Labute approximate surface area is 80.3 Å². The summed E-state index contributed by atoms with van der Waals surface area (Å²) in [5, 5.41) is 1.53. The monoisotopic (exact) mass is 190 g/mol. The fourth-order valence-corrected chi connectivity index (χ4v) is 1.44. The standard InChI is InChI=1S/C10H10N2O2/c1-14-9-3-2-8(11)6-4-10(13)12-5-7(6)9/h2-5H,11H2,1H3,(H,12,13). The first-order chi connectivity index (χ1) is 6.72. The van der Waals surface area contributed by atoms with Gasteiger partial charge in [0.05, 0.1) is 7.11 Å². The van der Waals surface area contributed by atoms with E-state index in [2.05, 4.69) is 4.98 Å². The minimum absolute atomic E-state index is 0.169. The van der Waals surface area contributed by atoms with E-state index < -0.39 is 0 Å². The van der Waals surface area contributed by atoms with E-state index in [-0.39, 0.29) is 5.56 Å². The minimum atomic E-state index is -0.169. The molecule has 0 atom stereocenters. The summed E-state index contributed by atoms with van der Waals surface area (Å²) in [4.78, 5) is 13.7. The SMILES string of the molecule is COc1ccc(N)c2cc(=O)[nH]cc12. The number of aromatic nitrogens is 1. The second-order valence-electron chi connectivity index (χ2n) is 2.98. The molecule has 4 heteroatoms. The van der Waals surface area contributed by atoms with E-state index in [1.165, 1.54) is 6.07 Å². The number of pyridine rings is 1. The zero-order valence-electron chi connectivity index (χ0n) is 7.70. The van der Waals surface area contributed by atoms with Crippen molar-refractivity contribution in [1.29, 1.82) is 0 Å². The van der Waals surface area contributed by atoms with Gasteiger partial charge in [-0.15, -0.1) is 0 Å². The molecule has 1 aromatic heterocycles. The summed E-state index contributed by atoms with van der Waals surface area (Å²) in [6.07, 6.45) is 1.60. The van der Waals surface area contributed by atoms with Crippen molar-refractivity contribution in [2.45, 2.75) is 0 Å². The fraction of sp³-hybridized carbons (Fsp3) is 0.100. The quantitative estimate of drug-likeness (QED) is 0.662. The molecule has 0 aliphatic rings. The number of ether oxygens (including phenoxy) is 1. The third kappa shape index (κ3) is 1.21. The molecule has 72 valence electrons. The predicted molar refractivity (Wildman–Crippen MR) is 55.5 cm³/mol. The number of benzene rings is 1. The topological polar surface area (TPSA) is 68.1 Å². The fourth-order valence-electron chi connectivity index (χ4n) is 1.44. The van der Waals surface area contributed by atoms with E-state index in [0.717, 1.165) is 5.39 Å². The number of anilines is 1. The number of aromatic amines is 1. The van der Waals surface area contributed by atoms with Crippen LogP contribution in [0.4, 0.5) is 5.69 Å². The van der Waals surface area contributed by atoms with Gasteiger partial charge in [-0.05, 0) is 12.1 Å². The lowest BCUT2D eigenvalue weighted by Crippen LogP contribution is -2.03. The number of rotatable bonds is 1. The first-order valence-electron chi connectivity index (χ1n) is 4.17. The van der Waals surface area contributed by atoms with Gasteiger partial charge in [-0.25, -0.2) is 0 Å². The molecule has 0 unspecified atom stereocenters. The van der Waals surface area contributed by atoms with E-state index >= 15 is 0 Å². The lowest BCUT2D eigenvalue weighted by molar-refractivity contribution is 0.420. The number of nitrogens with two attached hydrogens (primary N) is 1. The third-order valence-electron chi connectivity index (χ3n) is 2.14. The molecule has 0 amide bonds. The molecule has 3 N–H and O–H groups in total. The summed E-state index contributed by atoms with van der Waals surface area (Å²) < 4.78 is 5.14. The average Bonchev–Trinajstić information content (AvgIpc) is 2.19. The largest absolute Gasteiger partial charge is 0.496 e. The number of methoxy groups -OCH3 is 1. The van der Waals surface area contributed by atoms with Gasteiger partial charge < -0.3 is 15.5 Å². The predicted octanol–water partition coefficient (Wildman–Crippen LogP) is 1.12. The maximum absolute atomic E-state index is 11.1. The van der Waals surface area contributed by atoms with Crippen LogP contribution in [0.2, 0.25) is 0 Å². The highest BCUT2D eigenvalue weighted by molar-refractivity contribution is 5.96. The van der Waals surface area contributed by atoms with Crippen LogP contribution in [0.1, 0.15) is 0 Å². The summed E-state index contributed by atoms with van der Waals surface area (Å²) in [5.41, 5.74) is 6.15. The molecule has 4 nitrogen and oxygen atoms in total. The molecule has 0 aliphatic carbocycles. The van der Waals surface area contributed by atoms with Crippen molar-refractivity contribution in [1.82, 2.24) is 4.98 Å². The number of H-pyrrole nitrogens is 1. The van der Waals surface area contributed by atoms with Gasteiger partial charge in [0, 0.05) is 28.7 Å². The third-order valence-corrected chi connectivity index (χ3v) is 2.14. The Bertz CT molecular complexity index is 531. The van der Waals surface area contributed by atoms with Crippen molar-refractivity contribution in [3.8, 4) is 5.75 Å². The zero-order valence-corrected chi connectivity index (χ0v) is 7.70. The summed E-state index contributed by atoms with van der Waals surface area (Å²) >= 11 is 0. The van der Waals surface area contributed by atoms with Crippen LogP contribution in [-0.4, -0.2) is 12.1 Å². The highest BCUT2D eigenvalue weighted by Gasteiger charge is 2.04. The Kier molecular flexibility index (Phi) is 1.89. The Balaban J connectivity index is 2.91. The molecule has 1 heterocycles. The number of hydrogen-bond donors (Lipinski definition) is 2. The van der Waals surface area contributed by atoms with Crippen LogP contribution in [0.5, 0.6) is 5.75 Å². The Morgan fingerprint density at radius 3 is 2.86 bits per heavy atom. The lowest BCUT2D eigenvalue weighted by Gasteiger charge is -2.06. The normalized spacial score (nSPS) is 10.4. The average molecular weight is 190 g/mol. The molecule has 0 saturated carbocycles. The van der Waals surface area contributed by atoms with Crippen LogP contribution >= 0.6 is 0 Å². The van der Waals surface area contributed by atoms with Crippen molar-refractivity contribution in [3.63, 3.8) is 0 Å². The molecule has 0 fully saturated rings. The van der Waals surface area contributed by atoms with Crippen LogP contribution in [0, 0.1) is 0 Å². The van der Waals surface area contributed by atoms with Gasteiger partial charge in [0.15, 0.2) is 0 Å². The highest BCUT2D eigenvalue weighted by atomic mass is 16.5. The van der Waals surface area contributed by atoms with Crippen LogP contribution in [-0.2, 0) is 0 Å². The first kappa shape index (κ1) is 8.62. The van der Waals surface area contributed by atoms with Gasteiger partial charge in [0.25, 0.3) is 0 Å². The van der Waals surface area contributed by atoms with Crippen LogP contribution in [0.3, 0.4) is 0 Å². The lowest BCUT2D eigenvalue weighted by atomic mass is 10.1. The van der Waals surface area contributed by atoms with Gasteiger partial charge in [-0.3, -0.25) is 4.79 Å². The van der Waals surface area contributed by atoms with Crippen LogP contribution < -0.4 is 16.0 Å².